The van der Waals surface area contributed by atoms with Crippen LogP contribution in [0.4, 0.5) is 0 Å². The van der Waals surface area contributed by atoms with Crippen molar-refractivity contribution in [3.05, 3.63) is 22.8 Å². The molecule has 0 aromatic carbocycles. The molecule has 1 rings (SSSR count). The number of thioether (sulfide) groups is 1. The van der Waals surface area contributed by atoms with E-state index in [-0.39, 0.29) is 16.5 Å². The highest BCUT2D eigenvalue weighted by molar-refractivity contribution is 8.00. The molecule has 1 aromatic heterocycles. The molecule has 1 heterocycles. The number of pyridine rings is 1. The van der Waals surface area contributed by atoms with Crippen LogP contribution in [-0.4, -0.2) is 42.2 Å². The fourth-order valence-electron chi connectivity index (χ4n) is 0.952. The van der Waals surface area contributed by atoms with Crippen LogP contribution in [0.25, 0.3) is 0 Å². The standard InChI is InChI=1S/C9H10ClNO4S2/c1-17(14,15)5-4-16-7-3-2-6(10)8(11-7)9(12)13/h2-3H,4-5H2,1H3,(H,12,13). The third kappa shape index (κ3) is 4.93. The van der Waals surface area contributed by atoms with Gasteiger partial charge in [-0.05, 0) is 12.1 Å². The first kappa shape index (κ1) is 14.3. The van der Waals surface area contributed by atoms with Crippen LogP contribution in [0.3, 0.4) is 0 Å². The van der Waals surface area contributed by atoms with Crippen LogP contribution in [0.5, 0.6) is 0 Å². The highest BCUT2D eigenvalue weighted by Gasteiger charge is 2.12. The topological polar surface area (TPSA) is 84.3 Å². The Morgan fingerprint density at radius 3 is 2.71 bits per heavy atom. The predicted octanol–water partition coefficient (Wildman–Crippen LogP) is 1.57. The third-order valence-electron chi connectivity index (χ3n) is 1.73. The molecule has 0 fully saturated rings. The van der Waals surface area contributed by atoms with Crippen molar-refractivity contribution >= 4 is 39.2 Å². The van der Waals surface area contributed by atoms with E-state index in [1.807, 2.05) is 0 Å². The Balaban J connectivity index is 2.73. The third-order valence-corrected chi connectivity index (χ3v) is 4.17. The second kappa shape index (κ2) is 5.70. The second-order valence-corrected chi connectivity index (χ2v) is 7.05. The van der Waals surface area contributed by atoms with Gasteiger partial charge in [-0.2, -0.15) is 0 Å². The zero-order valence-corrected chi connectivity index (χ0v) is 11.3. The van der Waals surface area contributed by atoms with Crippen LogP contribution in [0.1, 0.15) is 10.5 Å². The van der Waals surface area contributed by atoms with Gasteiger partial charge in [-0.1, -0.05) is 11.6 Å². The molecular formula is C9H10ClNO4S2. The van der Waals surface area contributed by atoms with Crippen molar-refractivity contribution in [3.8, 4) is 0 Å². The molecule has 5 nitrogen and oxygen atoms in total. The van der Waals surface area contributed by atoms with E-state index >= 15 is 0 Å². The largest absolute Gasteiger partial charge is 0.476 e. The molecule has 0 bridgehead atoms. The second-order valence-electron chi connectivity index (χ2n) is 3.26. The van der Waals surface area contributed by atoms with Crippen LogP contribution >= 0.6 is 23.4 Å². The number of hydrogen-bond donors (Lipinski definition) is 1. The zero-order valence-electron chi connectivity index (χ0n) is 8.88. The lowest BCUT2D eigenvalue weighted by atomic mass is 10.3. The van der Waals surface area contributed by atoms with E-state index in [4.69, 9.17) is 16.7 Å². The summed E-state index contributed by atoms with van der Waals surface area (Å²) in [7, 11) is -3.02. The SMILES string of the molecule is CS(=O)(=O)CCSc1ccc(Cl)c(C(=O)O)n1. The highest BCUT2D eigenvalue weighted by atomic mass is 35.5. The van der Waals surface area contributed by atoms with Crippen LogP contribution in [-0.2, 0) is 9.84 Å². The number of hydrogen-bond acceptors (Lipinski definition) is 5. The van der Waals surface area contributed by atoms with Gasteiger partial charge in [-0.3, -0.25) is 0 Å². The average Bonchev–Trinajstić information content (AvgIpc) is 2.18. The number of carbonyl (C=O) groups is 1. The maximum Gasteiger partial charge on any atom is 0.356 e. The van der Waals surface area contributed by atoms with Crippen LogP contribution in [0.15, 0.2) is 17.2 Å². The van der Waals surface area contributed by atoms with Crippen molar-refractivity contribution in [2.45, 2.75) is 5.03 Å². The number of aromatic carboxylic acids is 1. The summed E-state index contributed by atoms with van der Waals surface area (Å²) < 4.78 is 21.8. The average molecular weight is 296 g/mol. The minimum Gasteiger partial charge on any atom is -0.476 e. The summed E-state index contributed by atoms with van der Waals surface area (Å²) in [6.07, 6.45) is 1.14. The van der Waals surface area contributed by atoms with Gasteiger partial charge in [0.1, 0.15) is 9.84 Å². The van der Waals surface area contributed by atoms with Crippen LogP contribution < -0.4 is 0 Å². The highest BCUT2D eigenvalue weighted by Crippen LogP contribution is 2.21. The Morgan fingerprint density at radius 2 is 2.18 bits per heavy atom. The molecule has 0 saturated carbocycles. The molecule has 0 aliphatic carbocycles. The Labute approximate surface area is 108 Å². The number of sulfone groups is 1. The van der Waals surface area contributed by atoms with E-state index in [1.54, 1.807) is 6.07 Å². The molecule has 94 valence electrons. The Bertz CT molecular complexity index is 530. The van der Waals surface area contributed by atoms with Crippen molar-refractivity contribution in [3.63, 3.8) is 0 Å². The fourth-order valence-corrected chi connectivity index (χ4v) is 3.21. The fraction of sp³-hybridized carbons (Fsp3) is 0.333. The molecule has 0 radical (unpaired) electrons. The maximum absolute atomic E-state index is 10.9. The number of aromatic nitrogens is 1. The molecule has 1 N–H and O–H groups in total. The van der Waals surface area contributed by atoms with Crippen molar-refractivity contribution in [1.82, 2.24) is 4.98 Å². The van der Waals surface area contributed by atoms with Crippen molar-refractivity contribution in [1.29, 1.82) is 0 Å². The van der Waals surface area contributed by atoms with Gasteiger partial charge in [0, 0.05) is 12.0 Å². The Hall–Kier alpha value is -0.790. The summed E-state index contributed by atoms with van der Waals surface area (Å²) in [6, 6.07) is 2.99. The molecular weight excluding hydrogens is 286 g/mol. The normalized spacial score (nSPS) is 11.4. The van der Waals surface area contributed by atoms with E-state index in [9.17, 15) is 13.2 Å². The number of rotatable bonds is 5. The summed E-state index contributed by atoms with van der Waals surface area (Å²) >= 11 is 6.82. The molecule has 0 amide bonds. The van der Waals surface area contributed by atoms with Crippen LogP contribution in [0.2, 0.25) is 5.02 Å². The van der Waals surface area contributed by atoms with Gasteiger partial charge in [-0.15, -0.1) is 11.8 Å². The van der Waals surface area contributed by atoms with E-state index in [1.165, 1.54) is 17.8 Å². The first-order valence-corrected chi connectivity index (χ1v) is 7.92. The molecule has 0 atom stereocenters. The smallest absolute Gasteiger partial charge is 0.356 e. The first-order chi connectivity index (χ1) is 7.79. The van der Waals surface area contributed by atoms with Crippen molar-refractivity contribution in [2.24, 2.45) is 0 Å². The van der Waals surface area contributed by atoms with Gasteiger partial charge in [0.05, 0.1) is 15.8 Å². The van der Waals surface area contributed by atoms with E-state index in [0.717, 1.165) is 6.26 Å². The zero-order chi connectivity index (χ0) is 13.1. The molecule has 0 saturated heterocycles. The van der Waals surface area contributed by atoms with Gasteiger partial charge in [0.2, 0.25) is 0 Å². The van der Waals surface area contributed by atoms with E-state index in [2.05, 4.69) is 4.98 Å². The first-order valence-electron chi connectivity index (χ1n) is 4.50. The quantitative estimate of drug-likeness (QED) is 0.830. The predicted molar refractivity (Wildman–Crippen MR) is 66.6 cm³/mol. The Kier molecular flexibility index (Phi) is 4.79. The lowest BCUT2D eigenvalue weighted by Crippen LogP contribution is -2.06. The summed E-state index contributed by atoms with van der Waals surface area (Å²) in [5.41, 5.74) is -0.226. The number of nitrogens with zero attached hydrogens (tertiary/aromatic N) is 1. The summed E-state index contributed by atoms with van der Waals surface area (Å²) in [6.45, 7) is 0. The van der Waals surface area contributed by atoms with E-state index < -0.39 is 15.8 Å². The molecule has 1 aromatic rings. The summed E-state index contributed by atoms with van der Waals surface area (Å²) in [5, 5.41) is 9.29. The Morgan fingerprint density at radius 1 is 1.53 bits per heavy atom. The minimum atomic E-state index is -3.02. The number of carboxylic acids is 1. The number of carboxylic acid groups (broad SMARTS) is 1. The summed E-state index contributed by atoms with van der Waals surface area (Å²) in [4.78, 5) is 14.6. The lowest BCUT2D eigenvalue weighted by Gasteiger charge is -2.02. The van der Waals surface area contributed by atoms with Crippen LogP contribution in [0, 0.1) is 0 Å². The van der Waals surface area contributed by atoms with Gasteiger partial charge in [0.15, 0.2) is 5.69 Å². The van der Waals surface area contributed by atoms with E-state index in [0.29, 0.717) is 10.8 Å². The maximum atomic E-state index is 10.9. The van der Waals surface area contributed by atoms with Gasteiger partial charge in [0.25, 0.3) is 0 Å². The molecule has 8 heteroatoms. The monoisotopic (exact) mass is 295 g/mol. The lowest BCUT2D eigenvalue weighted by molar-refractivity contribution is 0.0690. The van der Waals surface area contributed by atoms with Crippen molar-refractivity contribution in [2.75, 3.05) is 17.8 Å². The van der Waals surface area contributed by atoms with Crippen molar-refractivity contribution < 1.29 is 18.3 Å². The van der Waals surface area contributed by atoms with Gasteiger partial charge < -0.3 is 5.11 Å². The van der Waals surface area contributed by atoms with Gasteiger partial charge >= 0.3 is 5.97 Å². The minimum absolute atomic E-state index is 0.0182. The molecule has 17 heavy (non-hydrogen) atoms. The number of halogens is 1. The molecule has 0 aliphatic rings. The summed E-state index contributed by atoms with van der Waals surface area (Å²) in [5.74, 6) is -0.864. The molecule has 0 unspecified atom stereocenters. The molecule has 0 spiro atoms. The van der Waals surface area contributed by atoms with Gasteiger partial charge in [-0.25, -0.2) is 18.2 Å². The molecule has 0 aliphatic heterocycles.